The van der Waals surface area contributed by atoms with Gasteiger partial charge in [-0.1, -0.05) is 32.0 Å². The van der Waals surface area contributed by atoms with Gasteiger partial charge in [-0.05, 0) is 92.3 Å². The smallest absolute Gasteiger partial charge is 0.295 e. The minimum absolute atomic E-state index is 0.0830. The number of carbonyl (C=O) groups excluding carboxylic acids is 1. The fourth-order valence-corrected chi connectivity index (χ4v) is 5.00. The Hall–Kier alpha value is -4.06. The molecule has 0 saturated heterocycles. The van der Waals surface area contributed by atoms with Crippen molar-refractivity contribution in [3.05, 3.63) is 98.4 Å². The Bertz CT molecular complexity index is 1570. The van der Waals surface area contributed by atoms with Crippen molar-refractivity contribution in [2.75, 3.05) is 18.1 Å². The Morgan fingerprint density at radius 3 is 2.29 bits per heavy atom. The molecule has 196 valence electrons. The SMILES string of the molecule is CCCOc1ccc(C2c3c(oc4cc(C)c(C)cc4c3=O)C(=O)N2c2ccc(CC)cc2)cc1OCC. The first-order valence-electron chi connectivity index (χ1n) is 13.3. The van der Waals surface area contributed by atoms with Crippen molar-refractivity contribution in [2.24, 2.45) is 0 Å². The van der Waals surface area contributed by atoms with E-state index in [2.05, 4.69) is 6.92 Å². The summed E-state index contributed by atoms with van der Waals surface area (Å²) in [6.45, 7) is 11.0. The van der Waals surface area contributed by atoms with Gasteiger partial charge in [-0.25, -0.2) is 0 Å². The number of fused-ring (bicyclic) bond motifs is 2. The molecule has 0 aliphatic carbocycles. The highest BCUT2D eigenvalue weighted by Gasteiger charge is 2.44. The highest BCUT2D eigenvalue weighted by Crippen LogP contribution is 2.43. The molecule has 5 rings (SSSR count). The van der Waals surface area contributed by atoms with Crippen LogP contribution in [-0.2, 0) is 6.42 Å². The second-order valence-corrected chi connectivity index (χ2v) is 9.69. The summed E-state index contributed by atoms with van der Waals surface area (Å²) in [6.07, 6.45) is 1.76. The van der Waals surface area contributed by atoms with Gasteiger partial charge in [-0.15, -0.1) is 0 Å². The summed E-state index contributed by atoms with van der Waals surface area (Å²) in [5, 5.41) is 0.473. The Morgan fingerprint density at radius 2 is 1.61 bits per heavy atom. The Balaban J connectivity index is 1.75. The van der Waals surface area contributed by atoms with E-state index in [1.165, 1.54) is 0 Å². The molecule has 1 unspecified atom stereocenters. The monoisotopic (exact) mass is 511 g/mol. The number of anilines is 1. The summed E-state index contributed by atoms with van der Waals surface area (Å²) in [4.78, 5) is 29.6. The Kier molecular flexibility index (Phi) is 6.98. The van der Waals surface area contributed by atoms with Crippen molar-refractivity contribution in [2.45, 2.75) is 53.5 Å². The van der Waals surface area contributed by atoms with E-state index < -0.39 is 6.04 Å². The number of hydrogen-bond acceptors (Lipinski definition) is 5. The zero-order valence-electron chi connectivity index (χ0n) is 22.6. The number of ether oxygens (including phenoxy) is 2. The van der Waals surface area contributed by atoms with E-state index in [1.54, 1.807) is 4.90 Å². The molecule has 1 aliphatic rings. The summed E-state index contributed by atoms with van der Waals surface area (Å²) in [5.74, 6) is 0.963. The van der Waals surface area contributed by atoms with Gasteiger partial charge in [0.2, 0.25) is 5.76 Å². The molecule has 6 heteroatoms. The topological polar surface area (TPSA) is 69.0 Å². The van der Waals surface area contributed by atoms with E-state index in [9.17, 15) is 9.59 Å². The lowest BCUT2D eigenvalue weighted by atomic mass is 9.96. The lowest BCUT2D eigenvalue weighted by molar-refractivity contribution is 0.0971. The third-order valence-electron chi connectivity index (χ3n) is 7.15. The van der Waals surface area contributed by atoms with Crippen LogP contribution in [0, 0.1) is 13.8 Å². The summed E-state index contributed by atoms with van der Waals surface area (Å²) in [7, 11) is 0. The van der Waals surface area contributed by atoms with Crippen molar-refractivity contribution in [1.29, 1.82) is 0 Å². The molecule has 0 fully saturated rings. The molecule has 6 nitrogen and oxygen atoms in total. The van der Waals surface area contributed by atoms with Gasteiger partial charge >= 0.3 is 0 Å². The van der Waals surface area contributed by atoms with Crippen LogP contribution in [-0.4, -0.2) is 19.1 Å². The maximum absolute atomic E-state index is 14.0. The normalized spacial score (nSPS) is 14.7. The van der Waals surface area contributed by atoms with Crippen molar-refractivity contribution in [3.63, 3.8) is 0 Å². The summed E-state index contributed by atoms with van der Waals surface area (Å²) < 4.78 is 18.0. The van der Waals surface area contributed by atoms with Gasteiger partial charge < -0.3 is 13.9 Å². The van der Waals surface area contributed by atoms with Crippen LogP contribution in [0.15, 0.2) is 63.8 Å². The molecule has 3 aromatic carbocycles. The van der Waals surface area contributed by atoms with Crippen LogP contribution in [0.2, 0.25) is 0 Å². The fraction of sp³-hybridized carbons (Fsp3) is 0.312. The van der Waals surface area contributed by atoms with Crippen LogP contribution in [0.5, 0.6) is 11.5 Å². The summed E-state index contributed by atoms with van der Waals surface area (Å²) >= 11 is 0. The number of aryl methyl sites for hydroxylation is 3. The summed E-state index contributed by atoms with van der Waals surface area (Å²) in [5.41, 5.74) is 5.17. The first-order valence-corrected chi connectivity index (χ1v) is 13.3. The standard InChI is InChI=1S/C32H33NO5/c1-6-15-37-25-14-11-22(18-27(25)36-8-3)29-28-30(34)24-16-19(4)20(5)17-26(24)38-31(28)32(35)33(29)23-12-9-21(7-2)10-13-23/h9-14,16-18,29H,6-8,15H2,1-5H3. The molecular weight excluding hydrogens is 478 g/mol. The molecule has 0 bridgehead atoms. The molecular formula is C32H33NO5. The van der Waals surface area contributed by atoms with Crippen molar-refractivity contribution >= 4 is 22.6 Å². The molecule has 4 aromatic rings. The number of carbonyl (C=O) groups is 1. The Labute approximate surface area is 222 Å². The molecule has 1 aliphatic heterocycles. The molecule has 0 spiro atoms. The number of nitrogens with zero attached hydrogens (tertiary/aromatic N) is 1. The Morgan fingerprint density at radius 1 is 0.868 bits per heavy atom. The van der Waals surface area contributed by atoms with Gasteiger partial charge in [-0.3, -0.25) is 14.5 Å². The van der Waals surface area contributed by atoms with E-state index in [0.717, 1.165) is 35.1 Å². The van der Waals surface area contributed by atoms with Crippen LogP contribution in [0.3, 0.4) is 0 Å². The van der Waals surface area contributed by atoms with Crippen LogP contribution < -0.4 is 19.8 Å². The molecule has 1 amide bonds. The quantitative estimate of drug-likeness (QED) is 0.257. The van der Waals surface area contributed by atoms with Crippen LogP contribution >= 0.6 is 0 Å². The van der Waals surface area contributed by atoms with Gasteiger partial charge in [0.05, 0.1) is 30.2 Å². The summed E-state index contributed by atoms with van der Waals surface area (Å²) in [6, 6.07) is 16.5. The van der Waals surface area contributed by atoms with Gasteiger partial charge in [-0.2, -0.15) is 0 Å². The maximum atomic E-state index is 14.0. The first-order chi connectivity index (χ1) is 18.4. The highest BCUT2D eigenvalue weighted by atomic mass is 16.5. The lowest BCUT2D eigenvalue weighted by Crippen LogP contribution is -2.29. The second kappa shape index (κ2) is 10.4. The minimum atomic E-state index is -0.674. The zero-order valence-corrected chi connectivity index (χ0v) is 22.6. The number of amides is 1. The van der Waals surface area contributed by atoms with Gasteiger partial charge in [0, 0.05) is 5.69 Å². The lowest BCUT2D eigenvalue weighted by Gasteiger charge is -2.26. The van der Waals surface area contributed by atoms with Gasteiger partial charge in [0.25, 0.3) is 5.91 Å². The molecule has 38 heavy (non-hydrogen) atoms. The number of rotatable bonds is 8. The van der Waals surface area contributed by atoms with E-state index >= 15 is 0 Å². The molecule has 0 N–H and O–H groups in total. The van der Waals surface area contributed by atoms with Crippen LogP contribution in [0.1, 0.15) is 71.6 Å². The molecule has 1 atom stereocenters. The molecule has 1 aromatic heterocycles. The van der Waals surface area contributed by atoms with E-state index in [1.807, 2.05) is 82.3 Å². The van der Waals surface area contributed by atoms with Gasteiger partial charge in [0.1, 0.15) is 5.58 Å². The third-order valence-corrected chi connectivity index (χ3v) is 7.15. The highest BCUT2D eigenvalue weighted by molar-refractivity contribution is 6.10. The van der Waals surface area contributed by atoms with Crippen LogP contribution in [0.4, 0.5) is 5.69 Å². The maximum Gasteiger partial charge on any atom is 0.295 e. The van der Waals surface area contributed by atoms with Crippen LogP contribution in [0.25, 0.3) is 11.0 Å². The number of hydrogen-bond donors (Lipinski definition) is 0. The first kappa shape index (κ1) is 25.6. The van der Waals surface area contributed by atoms with Crippen molar-refractivity contribution < 1.29 is 18.7 Å². The van der Waals surface area contributed by atoms with E-state index in [0.29, 0.717) is 46.9 Å². The largest absolute Gasteiger partial charge is 0.490 e. The number of benzene rings is 3. The molecule has 2 heterocycles. The van der Waals surface area contributed by atoms with E-state index in [4.69, 9.17) is 13.9 Å². The second-order valence-electron chi connectivity index (χ2n) is 9.69. The predicted molar refractivity (Wildman–Crippen MR) is 150 cm³/mol. The average Bonchev–Trinajstić information content (AvgIpc) is 3.21. The van der Waals surface area contributed by atoms with E-state index in [-0.39, 0.29) is 17.1 Å². The fourth-order valence-electron chi connectivity index (χ4n) is 5.00. The third kappa shape index (κ3) is 4.34. The van der Waals surface area contributed by atoms with Crippen molar-refractivity contribution in [1.82, 2.24) is 0 Å². The average molecular weight is 512 g/mol. The minimum Gasteiger partial charge on any atom is -0.490 e. The zero-order chi connectivity index (χ0) is 27.0. The van der Waals surface area contributed by atoms with Gasteiger partial charge in [0.15, 0.2) is 16.9 Å². The molecule has 0 radical (unpaired) electrons. The van der Waals surface area contributed by atoms with Crippen molar-refractivity contribution in [3.8, 4) is 11.5 Å². The predicted octanol–water partition coefficient (Wildman–Crippen LogP) is 6.91. The molecule has 0 saturated carbocycles.